The predicted octanol–water partition coefficient (Wildman–Crippen LogP) is 1.41. The molecule has 0 spiro atoms. The number of carbonyl (C=O) groups excluding carboxylic acids is 2. The average molecular weight is 387 g/mol. The van der Waals surface area contributed by atoms with Crippen LogP contribution in [-0.4, -0.2) is 70.8 Å². The third kappa shape index (κ3) is 3.09. The van der Waals surface area contributed by atoms with Gasteiger partial charge >= 0.3 is 0 Å². The summed E-state index contributed by atoms with van der Waals surface area (Å²) in [5.74, 6) is 1.15. The number of fused-ring (bicyclic) bond motifs is 5. The van der Waals surface area contributed by atoms with Crippen LogP contribution in [0.25, 0.3) is 0 Å². The molecule has 2 aliphatic carbocycles. The Hall–Kier alpha value is -2.02. The van der Waals surface area contributed by atoms with Crippen molar-refractivity contribution >= 4 is 17.8 Å². The van der Waals surface area contributed by atoms with Gasteiger partial charge in [-0.3, -0.25) is 19.4 Å². The second-order valence-corrected chi connectivity index (χ2v) is 8.43. The van der Waals surface area contributed by atoms with E-state index in [2.05, 4.69) is 9.97 Å². The van der Waals surface area contributed by atoms with Crippen LogP contribution in [-0.2, 0) is 9.59 Å². The van der Waals surface area contributed by atoms with Crippen molar-refractivity contribution in [1.82, 2.24) is 19.8 Å². The molecule has 5 rings (SSSR count). The van der Waals surface area contributed by atoms with Gasteiger partial charge in [0, 0.05) is 47.9 Å². The highest BCUT2D eigenvalue weighted by Crippen LogP contribution is 2.56. The number of amides is 2. The average Bonchev–Trinajstić information content (AvgIpc) is 3.44. The Morgan fingerprint density at radius 3 is 2.29 bits per heavy atom. The molecule has 0 aromatic carbocycles. The number of hydrogen-bond acceptors (Lipinski definition) is 6. The van der Waals surface area contributed by atoms with E-state index in [1.807, 2.05) is 9.80 Å². The molecule has 0 N–H and O–H groups in total. The molecule has 2 aliphatic heterocycles. The number of imide groups is 1. The van der Waals surface area contributed by atoms with Crippen LogP contribution in [0.1, 0.15) is 36.2 Å². The van der Waals surface area contributed by atoms with Gasteiger partial charge in [-0.25, -0.2) is 9.97 Å². The molecule has 2 amide bonds. The Morgan fingerprint density at radius 2 is 1.64 bits per heavy atom. The number of likely N-dealkylation sites (tertiary alicyclic amines) is 1. The van der Waals surface area contributed by atoms with Crippen LogP contribution in [0.5, 0.6) is 0 Å². The summed E-state index contributed by atoms with van der Waals surface area (Å²) in [6.07, 6.45) is 6.89. The molecule has 1 aromatic heterocycles. The van der Waals surface area contributed by atoms with Gasteiger partial charge in [0.1, 0.15) is 0 Å². The number of carbonyl (C=O) groups is 2. The normalized spacial score (nSPS) is 34.5. The van der Waals surface area contributed by atoms with Crippen LogP contribution in [0.4, 0.5) is 5.95 Å². The third-order valence-corrected chi connectivity index (χ3v) is 6.98. The summed E-state index contributed by atoms with van der Waals surface area (Å²) >= 11 is 0. The molecule has 0 unspecified atom stereocenters. The fourth-order valence-electron chi connectivity index (χ4n) is 5.65. The van der Waals surface area contributed by atoms with Crippen molar-refractivity contribution < 1.29 is 13.7 Å². The highest BCUT2D eigenvalue weighted by molar-refractivity contribution is 6.06. The van der Waals surface area contributed by atoms with E-state index in [-0.39, 0.29) is 36.1 Å². The largest absolute Gasteiger partial charge is 0.338 e. The topological polar surface area (TPSA) is 69.6 Å². The van der Waals surface area contributed by atoms with E-state index in [4.69, 9.17) is 4.11 Å². The Labute approximate surface area is 170 Å². The summed E-state index contributed by atoms with van der Waals surface area (Å²) in [5, 5.41) is 0. The molecule has 2 saturated heterocycles. The summed E-state index contributed by atoms with van der Waals surface area (Å²) in [6.45, 7) is 1.18. The number of hydrogen-bond donors (Lipinski definition) is 0. The predicted molar refractivity (Wildman–Crippen MR) is 104 cm³/mol. The lowest BCUT2D eigenvalue weighted by Gasteiger charge is -2.34. The Bertz CT molecular complexity index is 831. The van der Waals surface area contributed by atoms with Crippen molar-refractivity contribution in [3.05, 3.63) is 18.4 Å². The number of aromatic nitrogens is 2. The van der Waals surface area contributed by atoms with Crippen molar-refractivity contribution in [1.29, 1.82) is 0 Å². The molecule has 4 fully saturated rings. The van der Waals surface area contributed by atoms with Crippen LogP contribution in [0.3, 0.4) is 0 Å². The Balaban J connectivity index is 1.12. The molecule has 28 heavy (non-hydrogen) atoms. The fraction of sp³-hybridized carbons (Fsp3) is 0.714. The first-order valence-electron chi connectivity index (χ1n) is 12.0. The summed E-state index contributed by atoms with van der Waals surface area (Å²) in [7, 11) is 0. The van der Waals surface area contributed by atoms with Gasteiger partial charge in [-0.1, -0.05) is 0 Å². The summed E-state index contributed by atoms with van der Waals surface area (Å²) in [5.41, 5.74) is 0. The summed E-state index contributed by atoms with van der Waals surface area (Å²) in [6, 6.07) is 0.268. The van der Waals surface area contributed by atoms with Gasteiger partial charge in [0.25, 0.3) is 0 Å². The minimum Gasteiger partial charge on any atom is -0.338 e. The zero-order valence-corrected chi connectivity index (χ0v) is 16.1. The molecular weight excluding hydrogens is 354 g/mol. The van der Waals surface area contributed by atoms with Crippen LogP contribution < -0.4 is 4.90 Å². The van der Waals surface area contributed by atoms with E-state index in [0.29, 0.717) is 56.9 Å². The molecule has 3 heterocycles. The number of piperazine rings is 1. The minimum atomic E-state index is -1.49. The number of nitrogens with zero attached hydrogens (tertiary/aromatic N) is 5. The second-order valence-electron chi connectivity index (χ2n) is 8.43. The van der Waals surface area contributed by atoms with Crippen molar-refractivity contribution in [3.8, 4) is 0 Å². The van der Waals surface area contributed by atoms with Gasteiger partial charge in [-0.15, -0.1) is 0 Å². The molecule has 7 nitrogen and oxygen atoms in total. The molecular formula is C21H29N5O2. The van der Waals surface area contributed by atoms with Crippen molar-refractivity contribution in [2.45, 2.75) is 32.1 Å². The molecule has 2 bridgehead atoms. The van der Waals surface area contributed by atoms with E-state index >= 15 is 0 Å². The lowest BCUT2D eigenvalue weighted by molar-refractivity contribution is -0.140. The zero-order valence-electron chi connectivity index (χ0n) is 19.1. The third-order valence-electron chi connectivity index (χ3n) is 6.98. The Morgan fingerprint density at radius 1 is 1.00 bits per heavy atom. The summed E-state index contributed by atoms with van der Waals surface area (Å²) in [4.78, 5) is 39.2. The first kappa shape index (κ1) is 14.9. The molecule has 4 aliphatic rings. The maximum atomic E-state index is 12.8. The van der Waals surface area contributed by atoms with Gasteiger partial charge in [0.05, 0.1) is 13.2 Å². The molecule has 150 valence electrons. The first-order valence-corrected chi connectivity index (χ1v) is 10.5. The highest BCUT2D eigenvalue weighted by Gasteiger charge is 2.60. The van der Waals surface area contributed by atoms with Crippen molar-refractivity contribution in [3.63, 3.8) is 0 Å². The van der Waals surface area contributed by atoms with Gasteiger partial charge in [0.15, 0.2) is 0 Å². The van der Waals surface area contributed by atoms with Gasteiger partial charge < -0.3 is 4.90 Å². The molecule has 0 radical (unpaired) electrons. The standard InChI is InChI=1S/C21H29N5O2/c27-19-17-15-4-5-16(14-15)18(17)20(28)26(19)9-2-1-8-24-10-12-25(13-11-24)21-22-6-3-7-23-21/h3,6-7,15-18H,1-2,4-5,8-14H2/t15-,16-,17-,18+/m1/s1/i3D,8D2. The molecule has 1 aromatic rings. The van der Waals surface area contributed by atoms with Crippen molar-refractivity contribution in [2.24, 2.45) is 23.7 Å². The van der Waals surface area contributed by atoms with Gasteiger partial charge in [-0.2, -0.15) is 0 Å². The number of rotatable bonds is 6. The fourth-order valence-corrected chi connectivity index (χ4v) is 5.65. The molecule has 4 atom stereocenters. The second kappa shape index (κ2) is 7.43. The molecule has 2 saturated carbocycles. The van der Waals surface area contributed by atoms with Crippen molar-refractivity contribution in [2.75, 3.05) is 44.1 Å². The lowest BCUT2D eigenvalue weighted by atomic mass is 9.81. The quantitative estimate of drug-likeness (QED) is 0.689. The maximum Gasteiger partial charge on any atom is 0.233 e. The van der Waals surface area contributed by atoms with E-state index in [0.717, 1.165) is 19.3 Å². The van der Waals surface area contributed by atoms with Gasteiger partial charge in [-0.05, 0) is 56.5 Å². The number of anilines is 1. The zero-order chi connectivity index (χ0) is 21.8. The van der Waals surface area contributed by atoms with Crippen LogP contribution in [0.2, 0.25) is 0 Å². The maximum absolute atomic E-state index is 12.8. The molecule has 7 heteroatoms. The van der Waals surface area contributed by atoms with Crippen LogP contribution in [0, 0.1) is 23.7 Å². The Kier molecular flexibility index (Phi) is 3.95. The lowest BCUT2D eigenvalue weighted by Crippen LogP contribution is -2.47. The smallest absolute Gasteiger partial charge is 0.233 e. The SMILES string of the molecule is [2H]c1cnc(N2CCN(C([2H])([2H])CCCN3C(=O)[C@@H]4[C@@H]5CC[C@H](C5)[C@@H]4C3=O)CC2)nc1. The summed E-state index contributed by atoms with van der Waals surface area (Å²) < 4.78 is 24.5. The minimum absolute atomic E-state index is 0.00456. The first-order chi connectivity index (χ1) is 14.8. The van der Waals surface area contributed by atoms with E-state index in [1.54, 1.807) is 0 Å². The van der Waals surface area contributed by atoms with E-state index in [9.17, 15) is 9.59 Å². The highest BCUT2D eigenvalue weighted by atomic mass is 16.2. The monoisotopic (exact) mass is 386 g/mol. The van der Waals surface area contributed by atoms with Crippen LogP contribution in [0.15, 0.2) is 18.4 Å². The van der Waals surface area contributed by atoms with E-state index in [1.165, 1.54) is 17.3 Å². The van der Waals surface area contributed by atoms with Gasteiger partial charge in [0.2, 0.25) is 17.8 Å². The van der Waals surface area contributed by atoms with E-state index < -0.39 is 6.50 Å². The van der Waals surface area contributed by atoms with Crippen LogP contribution >= 0.6 is 0 Å².